The molecule has 0 aromatic heterocycles. The van der Waals surface area contributed by atoms with Crippen molar-refractivity contribution in [2.24, 2.45) is 0 Å². The molecule has 2 heteroatoms. The first-order valence-electron chi connectivity index (χ1n) is 6.82. The van der Waals surface area contributed by atoms with E-state index in [0.29, 0.717) is 0 Å². The number of para-hydroxylation sites is 1. The molecular formula is C16H14BrN. The Morgan fingerprint density at radius 1 is 1.11 bits per heavy atom. The molecule has 0 bridgehead atoms. The molecule has 1 heterocycles. The minimum absolute atomic E-state index is 0.0836. The van der Waals surface area contributed by atoms with Gasteiger partial charge in [-0.15, -0.1) is 0 Å². The normalized spacial score (nSPS) is 28.7. The molecule has 1 spiro atoms. The minimum Gasteiger partial charge on any atom is -0.384 e. The summed E-state index contributed by atoms with van der Waals surface area (Å²) in [6.45, 7) is -0.254. The smallest absolute Gasteiger partial charge is 0.0500 e. The summed E-state index contributed by atoms with van der Waals surface area (Å²) in [4.78, 5) is 0. The first kappa shape index (κ1) is 9.62. The van der Waals surface area contributed by atoms with Crippen LogP contribution < -0.4 is 5.32 Å². The maximum atomic E-state index is 8.47. The predicted molar refractivity (Wildman–Crippen MR) is 78.2 cm³/mol. The molecule has 1 N–H and O–H groups in total. The molecular weight excluding hydrogens is 286 g/mol. The second-order valence-corrected chi connectivity index (χ2v) is 6.17. The Kier molecular flexibility index (Phi) is 1.93. The molecule has 0 saturated carbocycles. The zero-order valence-electron chi connectivity index (χ0n) is 10.9. The molecule has 0 fully saturated rings. The summed E-state index contributed by atoms with van der Waals surface area (Å²) in [5.41, 5.74) is 5.13. The SMILES string of the molecule is [2H]C1Nc2ccccc2C12Cc1ccc(Br)cc1C2. The van der Waals surface area contributed by atoms with E-state index in [1.807, 2.05) is 6.07 Å². The summed E-state index contributed by atoms with van der Waals surface area (Å²) in [7, 11) is 0. The number of halogens is 1. The lowest BCUT2D eigenvalue weighted by Gasteiger charge is -2.22. The maximum absolute atomic E-state index is 8.47. The largest absolute Gasteiger partial charge is 0.384 e. The van der Waals surface area contributed by atoms with E-state index in [1.165, 1.54) is 16.7 Å². The van der Waals surface area contributed by atoms with Gasteiger partial charge in [0, 0.05) is 23.5 Å². The van der Waals surface area contributed by atoms with Crippen LogP contribution in [0.4, 0.5) is 5.69 Å². The van der Waals surface area contributed by atoms with Crippen molar-refractivity contribution in [3.8, 4) is 0 Å². The fraction of sp³-hybridized carbons (Fsp3) is 0.250. The number of nitrogens with one attached hydrogen (secondary N) is 1. The number of anilines is 1. The van der Waals surface area contributed by atoms with Crippen LogP contribution in [0.5, 0.6) is 0 Å². The van der Waals surface area contributed by atoms with E-state index in [1.54, 1.807) is 0 Å². The Morgan fingerprint density at radius 2 is 1.94 bits per heavy atom. The van der Waals surface area contributed by atoms with Gasteiger partial charge in [0.1, 0.15) is 0 Å². The van der Waals surface area contributed by atoms with Crippen LogP contribution in [-0.2, 0) is 18.3 Å². The van der Waals surface area contributed by atoms with E-state index < -0.39 is 0 Å². The molecule has 90 valence electrons. The van der Waals surface area contributed by atoms with Gasteiger partial charge in [0.2, 0.25) is 0 Å². The average molecular weight is 301 g/mol. The summed E-state index contributed by atoms with van der Waals surface area (Å²) in [6.07, 6.45) is 1.92. The first-order valence-corrected chi connectivity index (χ1v) is 7.04. The Hall–Kier alpha value is -1.28. The van der Waals surface area contributed by atoms with Crippen molar-refractivity contribution >= 4 is 21.6 Å². The third-order valence-corrected chi connectivity index (χ3v) is 4.64. The molecule has 2 aliphatic rings. The molecule has 2 aromatic rings. The van der Waals surface area contributed by atoms with Gasteiger partial charge in [-0.05, 0) is 47.7 Å². The molecule has 0 saturated heterocycles. The molecule has 2 atom stereocenters. The molecule has 0 radical (unpaired) electrons. The van der Waals surface area contributed by atoms with Crippen molar-refractivity contribution in [1.82, 2.24) is 0 Å². The summed E-state index contributed by atoms with van der Waals surface area (Å²) < 4.78 is 9.60. The van der Waals surface area contributed by atoms with Gasteiger partial charge in [-0.2, -0.15) is 0 Å². The average Bonchev–Trinajstić information content (AvgIpc) is 2.90. The minimum atomic E-state index is -0.254. The molecule has 18 heavy (non-hydrogen) atoms. The third-order valence-electron chi connectivity index (χ3n) is 4.15. The van der Waals surface area contributed by atoms with E-state index in [0.717, 1.165) is 23.0 Å². The lowest BCUT2D eigenvalue weighted by atomic mass is 9.80. The van der Waals surface area contributed by atoms with Crippen molar-refractivity contribution < 1.29 is 1.37 Å². The van der Waals surface area contributed by atoms with Crippen LogP contribution in [0.1, 0.15) is 18.1 Å². The van der Waals surface area contributed by atoms with Crippen LogP contribution in [0, 0.1) is 0 Å². The van der Waals surface area contributed by atoms with Crippen LogP contribution >= 0.6 is 15.9 Å². The Balaban J connectivity index is 1.86. The topological polar surface area (TPSA) is 12.0 Å². The van der Waals surface area contributed by atoms with Crippen molar-refractivity contribution in [3.05, 3.63) is 63.6 Å². The highest BCUT2D eigenvalue weighted by atomic mass is 79.9. The van der Waals surface area contributed by atoms with Crippen molar-refractivity contribution in [3.63, 3.8) is 0 Å². The number of hydrogen-bond donors (Lipinski definition) is 1. The quantitative estimate of drug-likeness (QED) is 0.778. The molecule has 1 aliphatic carbocycles. The van der Waals surface area contributed by atoms with Gasteiger partial charge in [0.15, 0.2) is 0 Å². The van der Waals surface area contributed by atoms with E-state index >= 15 is 0 Å². The van der Waals surface area contributed by atoms with E-state index in [2.05, 4.69) is 57.6 Å². The van der Waals surface area contributed by atoms with Gasteiger partial charge in [-0.1, -0.05) is 40.2 Å². The van der Waals surface area contributed by atoms with Crippen LogP contribution in [0.15, 0.2) is 46.9 Å². The zero-order chi connectivity index (χ0) is 13.0. The highest BCUT2D eigenvalue weighted by Crippen LogP contribution is 2.46. The highest BCUT2D eigenvalue weighted by molar-refractivity contribution is 9.10. The third kappa shape index (κ3) is 1.39. The number of benzene rings is 2. The van der Waals surface area contributed by atoms with Gasteiger partial charge in [0.05, 0.1) is 0 Å². The van der Waals surface area contributed by atoms with Gasteiger partial charge >= 0.3 is 0 Å². The van der Waals surface area contributed by atoms with Crippen LogP contribution in [-0.4, -0.2) is 6.52 Å². The van der Waals surface area contributed by atoms with Crippen LogP contribution in [0.3, 0.4) is 0 Å². The fourth-order valence-corrected chi connectivity index (χ4v) is 3.71. The fourth-order valence-electron chi connectivity index (χ4n) is 3.30. The van der Waals surface area contributed by atoms with Gasteiger partial charge < -0.3 is 5.32 Å². The van der Waals surface area contributed by atoms with Crippen LogP contribution in [0.2, 0.25) is 0 Å². The summed E-state index contributed by atoms with van der Waals surface area (Å²) in [5.74, 6) is 0. The molecule has 4 rings (SSSR count). The lowest BCUT2D eigenvalue weighted by molar-refractivity contribution is 0.501. The summed E-state index contributed by atoms with van der Waals surface area (Å²) in [5, 5.41) is 3.33. The Morgan fingerprint density at radius 3 is 2.89 bits per heavy atom. The van der Waals surface area contributed by atoms with E-state index in [4.69, 9.17) is 1.37 Å². The lowest BCUT2D eigenvalue weighted by Crippen LogP contribution is -2.28. The molecule has 0 amide bonds. The van der Waals surface area contributed by atoms with E-state index in [9.17, 15) is 0 Å². The molecule has 2 unspecified atom stereocenters. The van der Waals surface area contributed by atoms with Crippen LogP contribution in [0.25, 0.3) is 0 Å². The second-order valence-electron chi connectivity index (χ2n) is 5.26. The Bertz CT molecular complexity index is 670. The monoisotopic (exact) mass is 300 g/mol. The van der Waals surface area contributed by atoms with Crippen molar-refractivity contribution in [1.29, 1.82) is 0 Å². The van der Waals surface area contributed by atoms with Crippen molar-refractivity contribution in [2.75, 3.05) is 11.8 Å². The number of rotatable bonds is 0. The van der Waals surface area contributed by atoms with Crippen molar-refractivity contribution in [2.45, 2.75) is 18.3 Å². The second kappa shape index (κ2) is 3.61. The van der Waals surface area contributed by atoms with Gasteiger partial charge in [0.25, 0.3) is 0 Å². The first-order chi connectivity index (χ1) is 9.19. The van der Waals surface area contributed by atoms with E-state index in [-0.39, 0.29) is 11.9 Å². The molecule has 1 nitrogen and oxygen atoms in total. The molecule has 1 aliphatic heterocycles. The van der Waals surface area contributed by atoms with Gasteiger partial charge in [-0.3, -0.25) is 0 Å². The number of fused-ring (bicyclic) bond motifs is 3. The zero-order valence-corrected chi connectivity index (χ0v) is 11.5. The Labute approximate surface area is 117 Å². The summed E-state index contributed by atoms with van der Waals surface area (Å²) in [6, 6.07) is 14.9. The maximum Gasteiger partial charge on any atom is 0.0500 e. The predicted octanol–water partition coefficient (Wildman–Crippen LogP) is 3.91. The number of hydrogen-bond acceptors (Lipinski definition) is 1. The standard InChI is InChI=1S/C16H14BrN/c17-13-6-5-11-8-16(9-12(11)7-13)10-18-15-4-2-1-3-14(15)16/h1-7,18H,8-10H2/i10D. The molecule has 2 aromatic carbocycles. The highest BCUT2D eigenvalue weighted by Gasteiger charge is 2.43. The van der Waals surface area contributed by atoms with Gasteiger partial charge in [-0.25, -0.2) is 0 Å². The summed E-state index contributed by atoms with van der Waals surface area (Å²) >= 11 is 3.55.